The van der Waals surface area contributed by atoms with Crippen LogP contribution in [0, 0.1) is 5.92 Å². The molecule has 0 N–H and O–H groups in total. The maximum atomic E-state index is 14.5. The molecule has 1 heterocycles. The van der Waals surface area contributed by atoms with Crippen molar-refractivity contribution in [3.63, 3.8) is 0 Å². The van der Waals surface area contributed by atoms with Gasteiger partial charge in [0.1, 0.15) is 11.7 Å². The Bertz CT molecular complexity index is 724. The molecule has 0 aromatic rings. The maximum Gasteiger partial charge on any atom is 0.417 e. The zero-order valence-corrected chi connectivity index (χ0v) is 24.8. The number of amides is 2. The normalized spacial score (nSPS) is 23.5. The largest absolute Gasteiger partial charge is 0.443 e. The Morgan fingerprint density at radius 2 is 1.39 bits per heavy atom. The average molecular weight is 510 g/mol. The maximum absolute atomic E-state index is 14.5. The Morgan fingerprint density at radius 3 is 1.76 bits per heavy atom. The van der Waals surface area contributed by atoms with Gasteiger partial charge < -0.3 is 13.6 Å². The van der Waals surface area contributed by atoms with Crippen LogP contribution in [0.2, 0.25) is 36.3 Å². The number of alkyl halides is 2. The Balaban J connectivity index is 3.46. The van der Waals surface area contributed by atoms with Gasteiger partial charge in [-0.2, -0.15) is 0 Å². The monoisotopic (exact) mass is 509 g/mol. The fourth-order valence-corrected chi connectivity index (χ4v) is 5.26. The van der Waals surface area contributed by atoms with Gasteiger partial charge in [-0.05, 0) is 57.0 Å². The van der Waals surface area contributed by atoms with Gasteiger partial charge in [0.2, 0.25) is 6.43 Å². The Labute approximate surface area is 201 Å². The number of likely N-dealkylation sites (tertiary alicyclic amines) is 1. The number of hydrogen-bond acceptors (Lipinski definition) is 5. The Kier molecular flexibility index (Phi) is 8.84. The summed E-state index contributed by atoms with van der Waals surface area (Å²) < 4.78 is 46.8. The van der Waals surface area contributed by atoms with E-state index in [0.29, 0.717) is 0 Å². The van der Waals surface area contributed by atoms with E-state index in [1.54, 1.807) is 20.8 Å². The number of carbonyl (C=O) groups is 2. The minimum atomic E-state index is -2.87. The van der Waals surface area contributed by atoms with Crippen LogP contribution in [0.5, 0.6) is 0 Å². The summed E-state index contributed by atoms with van der Waals surface area (Å²) in [5.41, 5.74) is -0.888. The number of halogens is 2. The first kappa shape index (κ1) is 30.2. The van der Waals surface area contributed by atoms with Gasteiger partial charge in [0.25, 0.3) is 5.91 Å². The second-order valence-corrected chi connectivity index (χ2v) is 22.6. The first-order chi connectivity index (χ1) is 14.4. The van der Waals surface area contributed by atoms with E-state index >= 15 is 0 Å². The number of nitrogens with zero attached hydrogens (tertiary/aromatic N) is 1. The van der Waals surface area contributed by atoms with Crippen LogP contribution < -0.4 is 0 Å². The van der Waals surface area contributed by atoms with Crippen LogP contribution in [0.3, 0.4) is 0 Å². The average Bonchev–Trinajstić information content (AvgIpc) is 2.81. The molecule has 1 rings (SSSR count). The lowest BCUT2D eigenvalue weighted by Gasteiger charge is -2.39. The van der Waals surface area contributed by atoms with Crippen LogP contribution in [0.25, 0.3) is 0 Å². The summed E-state index contributed by atoms with van der Waals surface area (Å²) in [5, 5.41) is -0.462. The molecule has 0 aromatic carbocycles. The lowest BCUT2D eigenvalue weighted by molar-refractivity contribution is -0.135. The molecule has 0 unspecified atom stereocenters. The van der Waals surface area contributed by atoms with Crippen LogP contribution >= 0.6 is 0 Å². The summed E-state index contributed by atoms with van der Waals surface area (Å²) in [4.78, 5) is 27.3. The predicted molar refractivity (Wildman–Crippen MR) is 132 cm³/mol. The molecular weight excluding hydrogens is 464 g/mol. The molecule has 1 aliphatic rings. The van der Waals surface area contributed by atoms with Crippen molar-refractivity contribution in [2.24, 2.45) is 5.92 Å². The zero-order chi connectivity index (χ0) is 26.4. The van der Waals surface area contributed by atoms with E-state index < -0.39 is 58.7 Å². The summed E-state index contributed by atoms with van der Waals surface area (Å²) in [6.45, 7) is 24.7. The molecule has 194 valence electrons. The molecule has 0 radical (unpaired) electrons. The molecule has 0 aliphatic carbocycles. The smallest absolute Gasteiger partial charge is 0.417 e. The van der Waals surface area contributed by atoms with Crippen LogP contribution in [-0.2, 0) is 18.4 Å². The van der Waals surface area contributed by atoms with Crippen molar-refractivity contribution in [2.75, 3.05) is 6.61 Å². The van der Waals surface area contributed by atoms with Crippen molar-refractivity contribution in [1.29, 1.82) is 0 Å². The van der Waals surface area contributed by atoms with Gasteiger partial charge in [-0.25, -0.2) is 18.5 Å². The van der Waals surface area contributed by atoms with Gasteiger partial charge in [0.05, 0.1) is 18.6 Å². The summed E-state index contributed by atoms with van der Waals surface area (Å²) in [6, 6.07) is -1.17. The summed E-state index contributed by atoms with van der Waals surface area (Å²) in [5.74, 6) is -2.27. The first-order valence-electron chi connectivity index (χ1n) is 11.6. The van der Waals surface area contributed by atoms with Crippen LogP contribution in [0.4, 0.5) is 13.6 Å². The van der Waals surface area contributed by atoms with Crippen molar-refractivity contribution in [2.45, 2.75) is 123 Å². The van der Waals surface area contributed by atoms with Crippen molar-refractivity contribution in [3.05, 3.63) is 0 Å². The summed E-state index contributed by atoms with van der Waals surface area (Å²) >= 11 is 0. The van der Waals surface area contributed by atoms with E-state index in [9.17, 15) is 18.4 Å². The minimum Gasteiger partial charge on any atom is -0.443 e. The summed E-state index contributed by atoms with van der Waals surface area (Å²) in [7, 11) is -4.93. The van der Waals surface area contributed by atoms with Crippen molar-refractivity contribution in [1.82, 2.24) is 4.90 Å². The Hall–Kier alpha value is -0.846. The SMILES string of the molecule is CC(C)(C)OC(=O)N1C(=O)[C@H](O[Si](C)(C)C(C)(C)C)[C@@H](C(F)F)[C@H]1CO[Si](C)(C)C(C)(C)C. The molecule has 0 bridgehead atoms. The van der Waals surface area contributed by atoms with Gasteiger partial charge in [0.15, 0.2) is 16.6 Å². The third-order valence-electron chi connectivity index (χ3n) is 7.14. The highest BCUT2D eigenvalue weighted by atomic mass is 28.4. The second-order valence-electron chi connectivity index (χ2n) is 13.0. The van der Waals surface area contributed by atoms with Crippen LogP contribution in [-0.4, -0.2) is 64.3 Å². The topological polar surface area (TPSA) is 65.1 Å². The lowest BCUT2D eigenvalue weighted by Crippen LogP contribution is -2.50. The number of rotatable bonds is 6. The lowest BCUT2D eigenvalue weighted by atomic mass is 9.99. The van der Waals surface area contributed by atoms with E-state index in [4.69, 9.17) is 13.6 Å². The highest BCUT2D eigenvalue weighted by molar-refractivity contribution is 6.74. The van der Waals surface area contributed by atoms with Crippen molar-refractivity contribution < 1.29 is 32.0 Å². The highest BCUT2D eigenvalue weighted by Crippen LogP contribution is 2.43. The molecular formula is C23H45F2NO5Si2. The van der Waals surface area contributed by atoms with Crippen LogP contribution in [0.15, 0.2) is 0 Å². The quantitative estimate of drug-likeness (QED) is 0.386. The van der Waals surface area contributed by atoms with E-state index in [1.807, 2.05) is 67.7 Å². The van der Waals surface area contributed by atoms with Gasteiger partial charge >= 0.3 is 6.09 Å². The predicted octanol–water partition coefficient (Wildman–Crippen LogP) is 6.43. The molecule has 0 aromatic heterocycles. The van der Waals surface area contributed by atoms with E-state index in [-0.39, 0.29) is 16.7 Å². The molecule has 10 heteroatoms. The molecule has 33 heavy (non-hydrogen) atoms. The molecule has 6 nitrogen and oxygen atoms in total. The molecule has 1 aliphatic heterocycles. The Morgan fingerprint density at radius 1 is 0.939 bits per heavy atom. The van der Waals surface area contributed by atoms with Gasteiger partial charge in [-0.1, -0.05) is 41.5 Å². The van der Waals surface area contributed by atoms with Gasteiger partial charge in [-0.3, -0.25) is 4.79 Å². The minimum absolute atomic E-state index is 0.163. The third kappa shape index (κ3) is 7.08. The van der Waals surface area contributed by atoms with Gasteiger partial charge in [-0.15, -0.1) is 0 Å². The molecule has 2 amide bonds. The number of carbonyl (C=O) groups excluding carboxylic acids is 2. The fraction of sp³-hybridized carbons (Fsp3) is 0.913. The van der Waals surface area contributed by atoms with Crippen LogP contribution in [0.1, 0.15) is 62.3 Å². The van der Waals surface area contributed by atoms with E-state index in [1.165, 1.54) is 0 Å². The molecule has 3 atom stereocenters. The fourth-order valence-electron chi connectivity index (χ4n) is 2.99. The molecule has 0 spiro atoms. The summed E-state index contributed by atoms with van der Waals surface area (Å²) in [6.07, 6.45) is -5.24. The van der Waals surface area contributed by atoms with Crippen molar-refractivity contribution >= 4 is 28.6 Å². The second kappa shape index (κ2) is 9.66. The first-order valence-corrected chi connectivity index (χ1v) is 17.4. The standard InChI is InChI=1S/C23H45F2NO5Si2/c1-21(2,3)30-20(28)26-15(14-29-32(10,11)22(4,5)6)16(18(24)25)17(19(26)27)31-33(12,13)23(7,8)9/h15-18H,14H2,1-13H3/t15-,16+,17-/m1/s1. The molecule has 0 saturated carbocycles. The number of imide groups is 1. The molecule has 1 fully saturated rings. The highest BCUT2D eigenvalue weighted by Gasteiger charge is 2.58. The van der Waals surface area contributed by atoms with E-state index in [0.717, 1.165) is 4.90 Å². The number of hydrogen-bond donors (Lipinski definition) is 0. The van der Waals surface area contributed by atoms with Crippen molar-refractivity contribution in [3.8, 4) is 0 Å². The van der Waals surface area contributed by atoms with E-state index in [2.05, 4.69) is 0 Å². The third-order valence-corrected chi connectivity index (χ3v) is 16.1. The molecule has 1 saturated heterocycles. The zero-order valence-electron chi connectivity index (χ0n) is 22.8. The number of ether oxygens (including phenoxy) is 1. The van der Waals surface area contributed by atoms with Gasteiger partial charge in [0, 0.05) is 0 Å².